The summed E-state index contributed by atoms with van der Waals surface area (Å²) in [6, 6.07) is 5.26. The quantitative estimate of drug-likeness (QED) is 0.861. The second-order valence-electron chi connectivity index (χ2n) is 4.81. The number of oxazole rings is 1. The maximum Gasteiger partial charge on any atom is 0.287 e. The first-order valence-electron chi connectivity index (χ1n) is 6.49. The lowest BCUT2D eigenvalue weighted by Crippen LogP contribution is -2.24. The highest BCUT2D eigenvalue weighted by molar-refractivity contribution is 7.84. The lowest BCUT2D eigenvalue weighted by Gasteiger charge is -2.12. The molecule has 6 heteroatoms. The van der Waals surface area contributed by atoms with E-state index in [1.807, 2.05) is 0 Å². The molecule has 19 heavy (non-hydrogen) atoms. The molecule has 0 amide bonds. The Labute approximate surface area is 114 Å². The van der Waals surface area contributed by atoms with E-state index in [0.717, 1.165) is 19.6 Å². The van der Waals surface area contributed by atoms with Crippen molar-refractivity contribution < 1.29 is 8.63 Å². The molecule has 1 fully saturated rings. The molecule has 1 aromatic heterocycles. The van der Waals surface area contributed by atoms with Gasteiger partial charge in [-0.05, 0) is 38.1 Å². The zero-order valence-corrected chi connectivity index (χ0v) is 11.5. The number of nitrogens with two attached hydrogens (primary N) is 1. The van der Waals surface area contributed by atoms with Crippen molar-refractivity contribution in [2.45, 2.75) is 18.1 Å². The van der Waals surface area contributed by atoms with Crippen molar-refractivity contribution in [1.29, 1.82) is 0 Å². The molecule has 1 atom stereocenters. The number of hydrogen-bond acceptors (Lipinski definition) is 5. The largest absolute Gasteiger partial charge is 0.430 e. The van der Waals surface area contributed by atoms with Gasteiger partial charge in [0.05, 0.1) is 0 Å². The van der Waals surface area contributed by atoms with Crippen LogP contribution in [0.1, 0.15) is 12.8 Å². The van der Waals surface area contributed by atoms with E-state index >= 15 is 0 Å². The number of anilines is 1. The van der Waals surface area contributed by atoms with Gasteiger partial charge in [0.25, 0.3) is 5.22 Å². The van der Waals surface area contributed by atoms with Gasteiger partial charge in [0.15, 0.2) is 5.58 Å². The van der Waals surface area contributed by atoms with Crippen LogP contribution in [0.3, 0.4) is 0 Å². The summed E-state index contributed by atoms with van der Waals surface area (Å²) in [7, 11) is -1.18. The van der Waals surface area contributed by atoms with E-state index in [-0.39, 0.29) is 0 Å². The van der Waals surface area contributed by atoms with Gasteiger partial charge in [-0.15, -0.1) is 0 Å². The van der Waals surface area contributed by atoms with E-state index in [1.54, 1.807) is 18.2 Å². The molecule has 2 heterocycles. The average molecular weight is 279 g/mol. The van der Waals surface area contributed by atoms with Crippen LogP contribution in [0.15, 0.2) is 27.8 Å². The van der Waals surface area contributed by atoms with Crippen molar-refractivity contribution in [2.75, 3.05) is 31.1 Å². The Morgan fingerprint density at radius 2 is 2.16 bits per heavy atom. The average Bonchev–Trinajstić information content (AvgIpc) is 3.04. The summed E-state index contributed by atoms with van der Waals surface area (Å²) < 4.78 is 17.7. The predicted octanol–water partition coefficient (Wildman–Crippen LogP) is 1.61. The summed E-state index contributed by atoms with van der Waals surface area (Å²) in [5.74, 6) is 0.572. The van der Waals surface area contributed by atoms with Gasteiger partial charge in [-0.2, -0.15) is 0 Å². The standard InChI is InChI=1S/C13H17N3O2S/c14-10-3-4-11-12(9-10)18-13(15-11)19(17)8-7-16-5-1-2-6-16/h3-4,9H,1-2,5-8,14H2. The normalized spacial score (nSPS) is 18.1. The molecule has 102 valence electrons. The highest BCUT2D eigenvalue weighted by Gasteiger charge is 2.16. The van der Waals surface area contributed by atoms with Crippen molar-refractivity contribution in [1.82, 2.24) is 9.88 Å². The smallest absolute Gasteiger partial charge is 0.287 e. The topological polar surface area (TPSA) is 72.4 Å². The molecule has 2 N–H and O–H groups in total. The number of rotatable bonds is 4. The van der Waals surface area contributed by atoms with Crippen molar-refractivity contribution in [2.24, 2.45) is 0 Å². The molecule has 1 aromatic carbocycles. The van der Waals surface area contributed by atoms with Crippen LogP contribution in [0.4, 0.5) is 5.69 Å². The molecule has 1 unspecified atom stereocenters. The van der Waals surface area contributed by atoms with Crippen LogP contribution >= 0.6 is 0 Å². The molecule has 0 aliphatic carbocycles. The van der Waals surface area contributed by atoms with Crippen LogP contribution in [-0.2, 0) is 10.8 Å². The Morgan fingerprint density at radius 3 is 2.95 bits per heavy atom. The van der Waals surface area contributed by atoms with Crippen molar-refractivity contribution in [3.63, 3.8) is 0 Å². The molecule has 0 radical (unpaired) electrons. The lowest BCUT2D eigenvalue weighted by atomic mass is 10.3. The number of likely N-dealkylation sites (tertiary alicyclic amines) is 1. The van der Waals surface area contributed by atoms with Crippen molar-refractivity contribution in [3.05, 3.63) is 18.2 Å². The maximum absolute atomic E-state index is 12.2. The zero-order valence-electron chi connectivity index (χ0n) is 10.7. The molecule has 1 aliphatic heterocycles. The van der Waals surface area contributed by atoms with Crippen molar-refractivity contribution >= 4 is 27.6 Å². The highest BCUT2D eigenvalue weighted by Crippen LogP contribution is 2.20. The molecule has 1 aliphatic rings. The minimum atomic E-state index is -1.18. The molecule has 2 aromatic rings. The van der Waals surface area contributed by atoms with Gasteiger partial charge in [0, 0.05) is 24.1 Å². The third-order valence-corrected chi connectivity index (χ3v) is 4.50. The zero-order chi connectivity index (χ0) is 13.2. The lowest BCUT2D eigenvalue weighted by molar-refractivity contribution is 0.359. The van der Waals surface area contributed by atoms with Gasteiger partial charge in [-0.1, -0.05) is 0 Å². The fraction of sp³-hybridized carbons (Fsp3) is 0.462. The van der Waals surface area contributed by atoms with Gasteiger partial charge in [-0.3, -0.25) is 0 Å². The molecule has 1 saturated heterocycles. The van der Waals surface area contributed by atoms with Crippen LogP contribution in [0.5, 0.6) is 0 Å². The Balaban J connectivity index is 1.70. The van der Waals surface area contributed by atoms with Gasteiger partial charge in [0.2, 0.25) is 0 Å². The summed E-state index contributed by atoms with van der Waals surface area (Å²) in [6.45, 7) is 3.07. The number of hydrogen-bond donors (Lipinski definition) is 1. The number of fused-ring (bicyclic) bond motifs is 1. The third kappa shape index (κ3) is 2.79. The molecular weight excluding hydrogens is 262 g/mol. The number of aromatic nitrogens is 1. The molecule has 3 rings (SSSR count). The fourth-order valence-electron chi connectivity index (χ4n) is 2.32. The molecule has 0 spiro atoms. The second kappa shape index (κ2) is 5.30. The van der Waals surface area contributed by atoms with Crippen molar-refractivity contribution in [3.8, 4) is 0 Å². The van der Waals surface area contributed by atoms with Gasteiger partial charge < -0.3 is 15.1 Å². The van der Waals surface area contributed by atoms with E-state index in [0.29, 0.717) is 27.8 Å². The van der Waals surface area contributed by atoms with Crippen LogP contribution < -0.4 is 5.73 Å². The van der Waals surface area contributed by atoms with E-state index in [2.05, 4.69) is 9.88 Å². The minimum absolute atomic E-state index is 0.305. The predicted molar refractivity (Wildman–Crippen MR) is 75.4 cm³/mol. The van der Waals surface area contributed by atoms with Crippen LogP contribution in [0.2, 0.25) is 0 Å². The summed E-state index contributed by atoms with van der Waals surface area (Å²) in [5, 5.41) is 0.305. The number of nitrogens with zero attached hydrogens (tertiary/aromatic N) is 2. The summed E-state index contributed by atoms with van der Waals surface area (Å²) in [5.41, 5.74) is 7.61. The van der Waals surface area contributed by atoms with Crippen LogP contribution in [0.25, 0.3) is 11.1 Å². The molecule has 0 saturated carbocycles. The highest BCUT2D eigenvalue weighted by atomic mass is 32.2. The molecule has 5 nitrogen and oxygen atoms in total. The van der Waals surface area contributed by atoms with E-state index in [1.165, 1.54) is 12.8 Å². The summed E-state index contributed by atoms with van der Waals surface area (Å²) in [4.78, 5) is 6.59. The van der Waals surface area contributed by atoms with Gasteiger partial charge >= 0.3 is 0 Å². The first kappa shape index (κ1) is 12.6. The first-order chi connectivity index (χ1) is 9.22. The summed E-state index contributed by atoms with van der Waals surface area (Å²) >= 11 is 0. The van der Waals surface area contributed by atoms with Gasteiger partial charge in [0.1, 0.15) is 16.3 Å². The summed E-state index contributed by atoms with van der Waals surface area (Å²) in [6.07, 6.45) is 2.49. The van der Waals surface area contributed by atoms with Crippen LogP contribution in [0, 0.1) is 0 Å². The Hall–Kier alpha value is -1.40. The number of benzene rings is 1. The van der Waals surface area contributed by atoms with E-state index in [9.17, 15) is 4.21 Å². The second-order valence-corrected chi connectivity index (χ2v) is 6.25. The number of nitrogen functional groups attached to an aromatic ring is 1. The monoisotopic (exact) mass is 279 g/mol. The van der Waals surface area contributed by atoms with Gasteiger partial charge in [-0.25, -0.2) is 9.19 Å². The maximum atomic E-state index is 12.2. The molecule has 0 bridgehead atoms. The van der Waals surface area contributed by atoms with E-state index in [4.69, 9.17) is 10.2 Å². The Bertz CT molecular complexity index is 605. The van der Waals surface area contributed by atoms with Crippen LogP contribution in [-0.4, -0.2) is 39.5 Å². The first-order valence-corrected chi connectivity index (χ1v) is 7.81. The Kier molecular flexibility index (Phi) is 3.52. The minimum Gasteiger partial charge on any atom is -0.430 e. The SMILES string of the molecule is Nc1ccc2nc(S(=O)CCN3CCCC3)oc2c1. The fourth-order valence-corrected chi connectivity index (χ4v) is 3.30. The Morgan fingerprint density at radius 1 is 1.37 bits per heavy atom. The third-order valence-electron chi connectivity index (χ3n) is 3.38. The van der Waals surface area contributed by atoms with E-state index < -0.39 is 10.8 Å². The molecular formula is C13H17N3O2S.